The van der Waals surface area contributed by atoms with Gasteiger partial charge >= 0.3 is 0 Å². The molecule has 0 radical (unpaired) electrons. The van der Waals surface area contributed by atoms with E-state index in [0.717, 1.165) is 0 Å². The van der Waals surface area contributed by atoms with E-state index in [-0.39, 0.29) is 29.1 Å². The monoisotopic (exact) mass is 397 g/mol. The van der Waals surface area contributed by atoms with Crippen molar-refractivity contribution in [1.82, 2.24) is 15.3 Å². The summed E-state index contributed by atoms with van der Waals surface area (Å²) in [6.45, 7) is 3.94. The number of aromatic nitrogens is 1. The molecule has 9 nitrogen and oxygen atoms in total. The highest BCUT2D eigenvalue weighted by Crippen LogP contribution is 2.27. The fraction of sp³-hybridized carbons (Fsp3) is 0.300. The SMILES string of the molecule is CC1(C)CNC(=O)c2cc(NC(=O)c3ccccc3)c(=O)n(CC(=O)NN)c2C1. The van der Waals surface area contributed by atoms with E-state index < -0.39 is 17.4 Å². The van der Waals surface area contributed by atoms with Gasteiger partial charge in [-0.25, -0.2) is 5.84 Å². The second-order valence-corrected chi connectivity index (χ2v) is 7.72. The summed E-state index contributed by atoms with van der Waals surface area (Å²) in [6.07, 6.45) is 0.390. The average Bonchev–Trinajstić information content (AvgIpc) is 2.81. The van der Waals surface area contributed by atoms with Crippen molar-refractivity contribution >= 4 is 23.4 Å². The first-order valence-corrected chi connectivity index (χ1v) is 9.12. The van der Waals surface area contributed by atoms with E-state index in [1.165, 1.54) is 10.6 Å². The van der Waals surface area contributed by atoms with Crippen LogP contribution >= 0.6 is 0 Å². The summed E-state index contributed by atoms with van der Waals surface area (Å²) < 4.78 is 1.20. The van der Waals surface area contributed by atoms with Crippen molar-refractivity contribution in [2.75, 3.05) is 11.9 Å². The van der Waals surface area contributed by atoms with E-state index >= 15 is 0 Å². The first-order chi connectivity index (χ1) is 13.7. The number of pyridine rings is 1. The van der Waals surface area contributed by atoms with Crippen LogP contribution in [0, 0.1) is 5.41 Å². The summed E-state index contributed by atoms with van der Waals surface area (Å²) in [5.41, 5.74) is 2.02. The van der Waals surface area contributed by atoms with Gasteiger partial charge in [0.1, 0.15) is 12.2 Å². The third-order valence-corrected chi connectivity index (χ3v) is 4.77. The van der Waals surface area contributed by atoms with Gasteiger partial charge in [0.2, 0.25) is 0 Å². The molecular weight excluding hydrogens is 374 g/mol. The Morgan fingerprint density at radius 1 is 1.21 bits per heavy atom. The molecule has 0 fully saturated rings. The molecule has 2 heterocycles. The zero-order valence-corrected chi connectivity index (χ0v) is 16.2. The lowest BCUT2D eigenvalue weighted by Crippen LogP contribution is -2.39. The Morgan fingerprint density at radius 3 is 2.55 bits per heavy atom. The molecule has 2 aromatic rings. The first-order valence-electron chi connectivity index (χ1n) is 9.12. The van der Waals surface area contributed by atoms with Gasteiger partial charge in [0.25, 0.3) is 23.3 Å². The minimum Gasteiger partial charge on any atom is -0.351 e. The molecule has 0 saturated carbocycles. The summed E-state index contributed by atoms with van der Waals surface area (Å²) in [7, 11) is 0. The molecule has 1 aliphatic rings. The minimum absolute atomic E-state index is 0.0859. The molecule has 1 aromatic carbocycles. The summed E-state index contributed by atoms with van der Waals surface area (Å²) in [5, 5.41) is 5.38. The topological polar surface area (TPSA) is 135 Å². The lowest BCUT2D eigenvalue weighted by atomic mass is 9.87. The Balaban J connectivity index is 2.12. The highest BCUT2D eigenvalue weighted by molar-refractivity contribution is 6.05. The minimum atomic E-state index is -0.594. The average molecular weight is 397 g/mol. The van der Waals surface area contributed by atoms with Crippen LogP contribution in [-0.2, 0) is 17.8 Å². The molecule has 3 amide bonds. The van der Waals surface area contributed by atoms with Gasteiger partial charge in [0.15, 0.2) is 0 Å². The van der Waals surface area contributed by atoms with Gasteiger partial charge in [-0.2, -0.15) is 0 Å². The molecule has 0 atom stereocenters. The predicted octanol–water partition coefficient (Wildman–Crippen LogP) is 0.403. The van der Waals surface area contributed by atoms with Crippen molar-refractivity contribution in [3.63, 3.8) is 0 Å². The maximum Gasteiger partial charge on any atom is 0.275 e. The highest BCUT2D eigenvalue weighted by atomic mass is 16.2. The van der Waals surface area contributed by atoms with Crippen LogP contribution in [0.2, 0.25) is 0 Å². The number of fused-ring (bicyclic) bond motifs is 1. The van der Waals surface area contributed by atoms with E-state index in [1.807, 2.05) is 19.3 Å². The van der Waals surface area contributed by atoms with Crippen LogP contribution in [0.3, 0.4) is 0 Å². The van der Waals surface area contributed by atoms with Crippen molar-refractivity contribution in [3.05, 3.63) is 63.6 Å². The number of nitrogens with two attached hydrogens (primary N) is 1. The van der Waals surface area contributed by atoms with Gasteiger partial charge in [-0.05, 0) is 30.0 Å². The van der Waals surface area contributed by atoms with Gasteiger partial charge < -0.3 is 15.2 Å². The molecule has 9 heteroatoms. The fourth-order valence-corrected chi connectivity index (χ4v) is 3.25. The summed E-state index contributed by atoms with van der Waals surface area (Å²) in [4.78, 5) is 50.2. The number of nitrogens with one attached hydrogen (secondary N) is 3. The third-order valence-electron chi connectivity index (χ3n) is 4.77. The summed E-state index contributed by atoms with van der Waals surface area (Å²) >= 11 is 0. The molecule has 0 bridgehead atoms. The second-order valence-electron chi connectivity index (χ2n) is 7.72. The maximum atomic E-state index is 13.1. The molecule has 0 unspecified atom stereocenters. The molecular formula is C20H23N5O4. The van der Waals surface area contributed by atoms with Crippen LogP contribution in [0.25, 0.3) is 0 Å². The Hall–Kier alpha value is -3.46. The number of hydrazine groups is 1. The first kappa shape index (κ1) is 20.3. The van der Waals surface area contributed by atoms with Gasteiger partial charge in [-0.3, -0.25) is 24.6 Å². The lowest BCUT2D eigenvalue weighted by molar-refractivity contribution is -0.121. The van der Waals surface area contributed by atoms with Crippen molar-refractivity contribution in [3.8, 4) is 0 Å². The van der Waals surface area contributed by atoms with Crippen LogP contribution in [0.15, 0.2) is 41.2 Å². The third kappa shape index (κ3) is 4.35. The van der Waals surface area contributed by atoms with Crippen molar-refractivity contribution in [2.45, 2.75) is 26.8 Å². The number of amides is 3. The zero-order chi connectivity index (χ0) is 21.2. The summed E-state index contributed by atoms with van der Waals surface area (Å²) in [5.74, 6) is 3.73. The number of benzene rings is 1. The second kappa shape index (κ2) is 7.88. The number of hydrogen-bond acceptors (Lipinski definition) is 5. The highest BCUT2D eigenvalue weighted by Gasteiger charge is 2.31. The Bertz CT molecular complexity index is 1030. The van der Waals surface area contributed by atoms with Crippen LogP contribution in [0.4, 0.5) is 5.69 Å². The van der Waals surface area contributed by atoms with Crippen molar-refractivity contribution < 1.29 is 14.4 Å². The number of carbonyl (C=O) groups is 3. The normalized spacial score (nSPS) is 14.9. The quantitative estimate of drug-likeness (QED) is 0.336. The molecule has 0 spiro atoms. The van der Waals surface area contributed by atoms with Crippen LogP contribution in [-0.4, -0.2) is 28.8 Å². The number of carbonyl (C=O) groups excluding carboxylic acids is 3. The van der Waals surface area contributed by atoms with E-state index in [2.05, 4.69) is 10.6 Å². The van der Waals surface area contributed by atoms with Crippen LogP contribution in [0.5, 0.6) is 0 Å². The molecule has 0 aliphatic carbocycles. The molecule has 0 saturated heterocycles. The Kier molecular flexibility index (Phi) is 5.51. The summed E-state index contributed by atoms with van der Waals surface area (Å²) in [6, 6.07) is 9.75. The van der Waals surface area contributed by atoms with E-state index in [1.54, 1.807) is 30.3 Å². The smallest absolute Gasteiger partial charge is 0.275 e. The standard InChI is InChI=1S/C20H23N5O4/c1-20(2)9-15-13(18(28)22-11-20)8-14(19(29)25(15)10-16(26)24-21)23-17(27)12-6-4-3-5-7-12/h3-8H,9-11,21H2,1-2H3,(H,22,28)(H,23,27)(H,24,26). The van der Waals surface area contributed by atoms with E-state index in [4.69, 9.17) is 5.84 Å². The largest absolute Gasteiger partial charge is 0.351 e. The van der Waals surface area contributed by atoms with Gasteiger partial charge in [0.05, 0.1) is 5.56 Å². The fourth-order valence-electron chi connectivity index (χ4n) is 3.25. The lowest BCUT2D eigenvalue weighted by Gasteiger charge is -2.24. The van der Waals surface area contributed by atoms with E-state index in [9.17, 15) is 19.2 Å². The van der Waals surface area contributed by atoms with Crippen molar-refractivity contribution in [1.29, 1.82) is 0 Å². The van der Waals surface area contributed by atoms with Crippen LogP contribution < -0.4 is 27.5 Å². The molecule has 29 heavy (non-hydrogen) atoms. The number of anilines is 1. The van der Waals surface area contributed by atoms with Crippen molar-refractivity contribution in [2.24, 2.45) is 11.3 Å². The van der Waals surface area contributed by atoms with Gasteiger partial charge in [-0.15, -0.1) is 0 Å². The molecule has 1 aromatic heterocycles. The van der Waals surface area contributed by atoms with E-state index in [0.29, 0.717) is 24.2 Å². The predicted molar refractivity (Wildman–Crippen MR) is 107 cm³/mol. The number of rotatable bonds is 4. The molecule has 5 N–H and O–H groups in total. The number of nitrogens with zero attached hydrogens (tertiary/aromatic N) is 1. The van der Waals surface area contributed by atoms with Crippen LogP contribution in [0.1, 0.15) is 40.3 Å². The molecule has 152 valence electrons. The van der Waals surface area contributed by atoms with Gasteiger partial charge in [0, 0.05) is 17.8 Å². The maximum absolute atomic E-state index is 13.1. The Morgan fingerprint density at radius 2 is 1.90 bits per heavy atom. The molecule has 3 rings (SSSR count). The van der Waals surface area contributed by atoms with Gasteiger partial charge in [-0.1, -0.05) is 32.0 Å². The number of hydrogen-bond donors (Lipinski definition) is 4. The zero-order valence-electron chi connectivity index (χ0n) is 16.2. The molecule has 1 aliphatic heterocycles. The Labute approximate surface area is 167 Å².